The van der Waals surface area contributed by atoms with E-state index in [1.54, 1.807) is 0 Å². The van der Waals surface area contributed by atoms with E-state index < -0.39 is 0 Å². The molecule has 0 spiro atoms. The molecule has 0 saturated carbocycles. The van der Waals surface area contributed by atoms with Crippen LogP contribution in [0.4, 0.5) is 5.69 Å². The van der Waals surface area contributed by atoms with E-state index in [-0.39, 0.29) is 5.91 Å². The summed E-state index contributed by atoms with van der Waals surface area (Å²) in [5.74, 6) is 0.512. The van der Waals surface area contributed by atoms with Crippen molar-refractivity contribution in [2.45, 2.75) is 19.3 Å². The van der Waals surface area contributed by atoms with Gasteiger partial charge in [0.1, 0.15) is 0 Å². The summed E-state index contributed by atoms with van der Waals surface area (Å²) in [6.45, 7) is 0. The molecule has 0 radical (unpaired) electrons. The lowest BCUT2D eigenvalue weighted by Gasteiger charge is -2.14. The minimum atomic E-state index is 0.0256. The molecule has 1 amide bonds. The first kappa shape index (κ1) is 11.7. The molecule has 0 bridgehead atoms. The Balaban J connectivity index is 1.97. The largest absolute Gasteiger partial charge is 0.321 e. The van der Waals surface area contributed by atoms with Crippen molar-refractivity contribution in [1.29, 1.82) is 0 Å². The summed E-state index contributed by atoms with van der Waals surface area (Å²) in [4.78, 5) is 12.0. The number of anilines is 1. The molecule has 3 heteroatoms. The molecule has 1 aliphatic carbocycles. The van der Waals surface area contributed by atoms with Crippen molar-refractivity contribution in [2.75, 3.05) is 5.32 Å². The maximum Gasteiger partial charge on any atom is 0.256 e. The summed E-state index contributed by atoms with van der Waals surface area (Å²) in [5, 5.41) is 2.92. The van der Waals surface area contributed by atoms with Crippen LogP contribution in [0.25, 0.3) is 5.57 Å². The number of halogens is 1. The summed E-state index contributed by atoms with van der Waals surface area (Å²) in [5.41, 5.74) is 2.76. The SMILES string of the molecule is O=C1Nc2ccc(Br)cc2/C1=C/C1CC=CCC1. The van der Waals surface area contributed by atoms with Gasteiger partial charge >= 0.3 is 0 Å². The molecule has 0 fully saturated rings. The molecule has 0 aromatic heterocycles. The number of rotatable bonds is 1. The molecule has 1 unspecified atom stereocenters. The highest BCUT2D eigenvalue weighted by atomic mass is 79.9. The van der Waals surface area contributed by atoms with Crippen LogP contribution < -0.4 is 5.32 Å². The van der Waals surface area contributed by atoms with E-state index in [4.69, 9.17) is 0 Å². The molecule has 1 heterocycles. The molecule has 2 nitrogen and oxygen atoms in total. The van der Waals surface area contributed by atoms with Gasteiger partial charge in [0.15, 0.2) is 0 Å². The second-order valence-corrected chi connectivity index (χ2v) is 5.68. The molecular weight excluding hydrogens is 290 g/mol. The number of allylic oxidation sites excluding steroid dienone is 3. The number of hydrogen-bond acceptors (Lipinski definition) is 1. The number of nitrogens with one attached hydrogen (secondary N) is 1. The minimum Gasteiger partial charge on any atom is -0.321 e. The van der Waals surface area contributed by atoms with Crippen molar-refractivity contribution in [3.63, 3.8) is 0 Å². The summed E-state index contributed by atoms with van der Waals surface area (Å²) < 4.78 is 1.01. The summed E-state index contributed by atoms with van der Waals surface area (Å²) >= 11 is 3.46. The number of carbonyl (C=O) groups excluding carboxylic acids is 1. The Hall–Kier alpha value is -1.35. The molecule has 2 aliphatic rings. The second-order valence-electron chi connectivity index (χ2n) is 4.77. The third kappa shape index (κ3) is 2.15. The lowest BCUT2D eigenvalue weighted by atomic mass is 9.91. The van der Waals surface area contributed by atoms with Gasteiger partial charge in [0.2, 0.25) is 0 Å². The third-order valence-corrected chi connectivity index (χ3v) is 3.97. The topological polar surface area (TPSA) is 29.1 Å². The van der Waals surface area contributed by atoms with Crippen molar-refractivity contribution in [3.8, 4) is 0 Å². The van der Waals surface area contributed by atoms with E-state index in [0.29, 0.717) is 5.92 Å². The van der Waals surface area contributed by atoms with Gasteiger partial charge < -0.3 is 5.32 Å². The Morgan fingerprint density at radius 1 is 1.33 bits per heavy atom. The van der Waals surface area contributed by atoms with Gasteiger partial charge in [0.05, 0.1) is 0 Å². The smallest absolute Gasteiger partial charge is 0.256 e. The molecule has 1 aromatic carbocycles. The number of carbonyl (C=O) groups is 1. The van der Waals surface area contributed by atoms with E-state index >= 15 is 0 Å². The summed E-state index contributed by atoms with van der Waals surface area (Å²) in [7, 11) is 0. The van der Waals surface area contributed by atoms with Crippen molar-refractivity contribution in [2.24, 2.45) is 5.92 Å². The first-order chi connectivity index (χ1) is 8.74. The van der Waals surface area contributed by atoms with Crippen molar-refractivity contribution >= 4 is 33.1 Å². The van der Waals surface area contributed by atoms with Crippen LogP contribution in [0.5, 0.6) is 0 Å². The fourth-order valence-corrected chi connectivity index (χ4v) is 2.89. The highest BCUT2D eigenvalue weighted by Gasteiger charge is 2.25. The second kappa shape index (κ2) is 4.73. The van der Waals surface area contributed by atoms with Crippen molar-refractivity contribution in [3.05, 3.63) is 46.5 Å². The standard InChI is InChI=1S/C15H14BrNO/c16-11-6-7-14-12(9-11)13(15(18)17-14)8-10-4-2-1-3-5-10/h1-2,6-10H,3-5H2,(H,17,18)/b13-8-. The maximum absolute atomic E-state index is 12.0. The van der Waals surface area contributed by atoms with E-state index in [1.807, 2.05) is 18.2 Å². The van der Waals surface area contributed by atoms with E-state index in [1.165, 1.54) is 0 Å². The highest BCUT2D eigenvalue weighted by Crippen LogP contribution is 2.35. The monoisotopic (exact) mass is 303 g/mol. The van der Waals surface area contributed by atoms with E-state index in [9.17, 15) is 4.79 Å². The van der Waals surface area contributed by atoms with Gasteiger partial charge in [-0.1, -0.05) is 34.2 Å². The molecule has 3 rings (SSSR count). The van der Waals surface area contributed by atoms with Crippen LogP contribution in [0.15, 0.2) is 40.9 Å². The molecule has 1 N–H and O–H groups in total. The third-order valence-electron chi connectivity index (χ3n) is 3.48. The predicted molar refractivity (Wildman–Crippen MR) is 77.2 cm³/mol. The Morgan fingerprint density at radius 3 is 3.00 bits per heavy atom. The van der Waals surface area contributed by atoms with E-state index in [0.717, 1.165) is 40.6 Å². The van der Waals surface area contributed by atoms with Crippen LogP contribution in [-0.2, 0) is 4.79 Å². The first-order valence-corrected chi connectivity index (χ1v) is 7.01. The van der Waals surface area contributed by atoms with Gasteiger partial charge in [0, 0.05) is 21.3 Å². The van der Waals surface area contributed by atoms with Gasteiger partial charge in [-0.05, 0) is 43.4 Å². The molecular formula is C15H14BrNO. The average Bonchev–Trinajstić information content (AvgIpc) is 2.67. The van der Waals surface area contributed by atoms with Crippen LogP contribution in [0.3, 0.4) is 0 Å². The maximum atomic E-state index is 12.0. The number of fused-ring (bicyclic) bond motifs is 1. The summed E-state index contributed by atoms with van der Waals surface area (Å²) in [6, 6.07) is 5.90. The average molecular weight is 304 g/mol. The van der Waals surface area contributed by atoms with Gasteiger partial charge in [-0.15, -0.1) is 0 Å². The fourth-order valence-electron chi connectivity index (χ4n) is 2.53. The van der Waals surface area contributed by atoms with Gasteiger partial charge in [-0.2, -0.15) is 0 Å². The zero-order chi connectivity index (χ0) is 12.5. The number of benzene rings is 1. The van der Waals surface area contributed by atoms with Crippen LogP contribution in [-0.4, -0.2) is 5.91 Å². The minimum absolute atomic E-state index is 0.0256. The molecule has 1 aromatic rings. The molecule has 18 heavy (non-hydrogen) atoms. The van der Waals surface area contributed by atoms with Gasteiger partial charge in [-0.25, -0.2) is 0 Å². The van der Waals surface area contributed by atoms with Crippen molar-refractivity contribution in [1.82, 2.24) is 0 Å². The van der Waals surface area contributed by atoms with Crippen LogP contribution in [0, 0.1) is 5.92 Å². The highest BCUT2D eigenvalue weighted by molar-refractivity contribution is 9.10. The lowest BCUT2D eigenvalue weighted by molar-refractivity contribution is -0.110. The molecule has 92 valence electrons. The first-order valence-electron chi connectivity index (χ1n) is 6.22. The predicted octanol–water partition coefficient (Wildman–Crippen LogP) is 4.14. The Morgan fingerprint density at radius 2 is 2.22 bits per heavy atom. The normalized spacial score (nSPS) is 24.2. The molecule has 1 atom stereocenters. The Labute approximate surface area is 115 Å². The number of hydrogen-bond donors (Lipinski definition) is 1. The summed E-state index contributed by atoms with van der Waals surface area (Å²) in [6.07, 6.45) is 9.85. The lowest BCUT2D eigenvalue weighted by Crippen LogP contribution is -2.06. The van der Waals surface area contributed by atoms with Gasteiger partial charge in [-0.3, -0.25) is 4.79 Å². The zero-order valence-corrected chi connectivity index (χ0v) is 11.5. The Kier molecular flexibility index (Phi) is 3.08. The van der Waals surface area contributed by atoms with Crippen molar-refractivity contribution < 1.29 is 4.79 Å². The Bertz CT molecular complexity index is 560. The quantitative estimate of drug-likeness (QED) is 0.613. The van der Waals surface area contributed by atoms with E-state index in [2.05, 4.69) is 39.5 Å². The molecule has 0 saturated heterocycles. The fraction of sp³-hybridized carbons (Fsp3) is 0.267. The van der Waals surface area contributed by atoms with Crippen LogP contribution >= 0.6 is 15.9 Å². The van der Waals surface area contributed by atoms with Gasteiger partial charge in [0.25, 0.3) is 5.91 Å². The van der Waals surface area contributed by atoms with Crippen LogP contribution in [0.2, 0.25) is 0 Å². The zero-order valence-electron chi connectivity index (χ0n) is 9.95. The van der Waals surface area contributed by atoms with Crippen LogP contribution in [0.1, 0.15) is 24.8 Å². The molecule has 1 aliphatic heterocycles. The number of amides is 1.